The van der Waals surface area contributed by atoms with Gasteiger partial charge in [0.15, 0.2) is 0 Å². The number of carbonyl (C=O) groups is 1. The van der Waals surface area contributed by atoms with Crippen LogP contribution in [-0.2, 0) is 9.53 Å². The van der Waals surface area contributed by atoms with Crippen LogP contribution in [-0.4, -0.2) is 38.8 Å². The van der Waals surface area contributed by atoms with Gasteiger partial charge in [0.2, 0.25) is 5.91 Å². The maximum absolute atomic E-state index is 12.5. The van der Waals surface area contributed by atoms with Gasteiger partial charge in [0.25, 0.3) is 0 Å². The molecule has 0 aromatic heterocycles. The lowest BCUT2D eigenvalue weighted by molar-refractivity contribution is -0.133. The molecule has 106 valence electrons. The average Bonchev–Trinajstić information content (AvgIpc) is 2.40. The lowest BCUT2D eigenvalue weighted by atomic mass is 9.77. The Morgan fingerprint density at radius 2 is 2.28 bits per heavy atom. The molecule has 0 aliphatic carbocycles. The molecule has 1 rings (SSSR count). The Kier molecular flexibility index (Phi) is 6.65. The van der Waals surface area contributed by atoms with Crippen LogP contribution in [0.25, 0.3) is 0 Å². The van der Waals surface area contributed by atoms with Crippen LogP contribution >= 0.6 is 0 Å². The highest BCUT2D eigenvalue weighted by Gasteiger charge is 2.38. The molecule has 2 N–H and O–H groups in total. The van der Waals surface area contributed by atoms with Crippen molar-refractivity contribution in [2.24, 2.45) is 5.41 Å². The molecule has 4 heteroatoms. The van der Waals surface area contributed by atoms with Gasteiger partial charge in [-0.3, -0.25) is 4.79 Å². The molecule has 0 aromatic carbocycles. The van der Waals surface area contributed by atoms with Crippen LogP contribution in [0.4, 0.5) is 0 Å². The predicted octanol–water partition coefficient (Wildman–Crippen LogP) is 1.70. The maximum Gasteiger partial charge on any atom is 0.227 e. The van der Waals surface area contributed by atoms with E-state index in [0.717, 1.165) is 45.2 Å². The number of hydrogen-bond donors (Lipinski definition) is 2. The molecule has 0 saturated carbocycles. The molecule has 2 atom stereocenters. The normalized spacial score (nSPS) is 25.7. The zero-order valence-electron chi connectivity index (χ0n) is 12.1. The number of rotatable bonds is 7. The van der Waals surface area contributed by atoms with Crippen molar-refractivity contribution in [1.82, 2.24) is 10.6 Å². The van der Waals surface area contributed by atoms with E-state index in [9.17, 15) is 4.79 Å². The standard InChI is InChI=1S/C14H28N2O2/c1-4-7-12(10-18-3)16-13(17)14(5-2)8-6-9-15-11-14/h12,15H,4-11H2,1-3H3,(H,16,17). The van der Waals surface area contributed by atoms with Crippen LogP contribution in [0.5, 0.6) is 0 Å². The average molecular weight is 256 g/mol. The van der Waals surface area contributed by atoms with Gasteiger partial charge in [-0.05, 0) is 32.2 Å². The maximum atomic E-state index is 12.5. The van der Waals surface area contributed by atoms with Gasteiger partial charge in [0, 0.05) is 13.7 Å². The van der Waals surface area contributed by atoms with Gasteiger partial charge in [0.1, 0.15) is 0 Å². The minimum Gasteiger partial charge on any atom is -0.383 e. The van der Waals surface area contributed by atoms with Gasteiger partial charge in [0.05, 0.1) is 18.1 Å². The summed E-state index contributed by atoms with van der Waals surface area (Å²) in [5, 5.41) is 6.53. The summed E-state index contributed by atoms with van der Waals surface area (Å²) in [5.41, 5.74) is -0.210. The monoisotopic (exact) mass is 256 g/mol. The number of amides is 1. The number of hydrogen-bond acceptors (Lipinski definition) is 3. The summed E-state index contributed by atoms with van der Waals surface area (Å²) in [6, 6.07) is 0.151. The second kappa shape index (κ2) is 7.74. The molecule has 0 spiro atoms. The van der Waals surface area contributed by atoms with Gasteiger partial charge in [-0.15, -0.1) is 0 Å². The summed E-state index contributed by atoms with van der Waals surface area (Å²) in [7, 11) is 1.69. The lowest BCUT2D eigenvalue weighted by Crippen LogP contribution is -2.53. The zero-order chi connectivity index (χ0) is 13.4. The molecule has 1 aliphatic rings. The Morgan fingerprint density at radius 3 is 2.78 bits per heavy atom. The van der Waals surface area contributed by atoms with Crippen molar-refractivity contribution in [1.29, 1.82) is 0 Å². The fourth-order valence-electron chi connectivity index (χ4n) is 2.71. The van der Waals surface area contributed by atoms with E-state index in [-0.39, 0.29) is 17.4 Å². The molecule has 0 bridgehead atoms. The highest BCUT2D eigenvalue weighted by atomic mass is 16.5. The second-order valence-electron chi connectivity index (χ2n) is 5.33. The van der Waals surface area contributed by atoms with E-state index in [0.29, 0.717) is 6.61 Å². The van der Waals surface area contributed by atoms with Crippen LogP contribution in [0.15, 0.2) is 0 Å². The molecule has 1 heterocycles. The summed E-state index contributed by atoms with van der Waals surface area (Å²) < 4.78 is 5.18. The molecule has 4 nitrogen and oxygen atoms in total. The Bertz CT molecular complexity index is 244. The Labute approximate surface area is 111 Å². The molecule has 0 radical (unpaired) electrons. The Balaban J connectivity index is 2.59. The number of piperidine rings is 1. The zero-order valence-corrected chi connectivity index (χ0v) is 12.1. The third-order valence-electron chi connectivity index (χ3n) is 3.97. The van der Waals surface area contributed by atoms with E-state index in [4.69, 9.17) is 4.74 Å². The number of methoxy groups -OCH3 is 1. The minimum absolute atomic E-state index is 0.151. The Morgan fingerprint density at radius 1 is 1.50 bits per heavy atom. The molecular formula is C14H28N2O2. The van der Waals surface area contributed by atoms with Crippen molar-refractivity contribution >= 4 is 5.91 Å². The number of ether oxygens (including phenoxy) is 1. The molecule has 1 aliphatic heterocycles. The summed E-state index contributed by atoms with van der Waals surface area (Å²) >= 11 is 0. The molecule has 1 fully saturated rings. The van der Waals surface area contributed by atoms with E-state index in [1.807, 2.05) is 0 Å². The van der Waals surface area contributed by atoms with E-state index in [1.165, 1.54) is 0 Å². The quantitative estimate of drug-likeness (QED) is 0.729. The summed E-state index contributed by atoms with van der Waals surface area (Å²) in [6.07, 6.45) is 5.02. The fraction of sp³-hybridized carbons (Fsp3) is 0.929. The van der Waals surface area contributed by atoms with Crippen molar-refractivity contribution in [3.05, 3.63) is 0 Å². The second-order valence-corrected chi connectivity index (χ2v) is 5.33. The van der Waals surface area contributed by atoms with Gasteiger partial charge in [-0.25, -0.2) is 0 Å². The number of carbonyl (C=O) groups excluding carboxylic acids is 1. The smallest absolute Gasteiger partial charge is 0.227 e. The SMILES string of the molecule is CCCC(COC)NC(=O)C1(CC)CCCNC1. The highest BCUT2D eigenvalue weighted by molar-refractivity contribution is 5.83. The van der Waals surface area contributed by atoms with Crippen molar-refractivity contribution in [3.8, 4) is 0 Å². The first kappa shape index (κ1) is 15.4. The van der Waals surface area contributed by atoms with Crippen LogP contribution in [0.1, 0.15) is 46.0 Å². The molecule has 1 saturated heterocycles. The van der Waals surface area contributed by atoms with E-state index >= 15 is 0 Å². The van der Waals surface area contributed by atoms with Crippen molar-refractivity contribution in [3.63, 3.8) is 0 Å². The van der Waals surface area contributed by atoms with Gasteiger partial charge < -0.3 is 15.4 Å². The number of nitrogens with one attached hydrogen (secondary N) is 2. The summed E-state index contributed by atoms with van der Waals surface area (Å²) in [5.74, 6) is 0.202. The molecular weight excluding hydrogens is 228 g/mol. The first-order valence-electron chi connectivity index (χ1n) is 7.19. The largest absolute Gasteiger partial charge is 0.383 e. The highest BCUT2D eigenvalue weighted by Crippen LogP contribution is 2.30. The fourth-order valence-corrected chi connectivity index (χ4v) is 2.71. The van der Waals surface area contributed by atoms with E-state index < -0.39 is 0 Å². The predicted molar refractivity (Wildman–Crippen MR) is 73.5 cm³/mol. The van der Waals surface area contributed by atoms with Crippen LogP contribution in [0.3, 0.4) is 0 Å². The molecule has 18 heavy (non-hydrogen) atoms. The topological polar surface area (TPSA) is 50.4 Å². The van der Waals surface area contributed by atoms with Crippen LogP contribution in [0, 0.1) is 5.41 Å². The summed E-state index contributed by atoms with van der Waals surface area (Å²) in [4.78, 5) is 12.5. The van der Waals surface area contributed by atoms with Crippen molar-refractivity contribution in [2.45, 2.75) is 52.0 Å². The first-order chi connectivity index (χ1) is 8.68. The summed E-state index contributed by atoms with van der Waals surface area (Å²) in [6.45, 7) is 6.68. The molecule has 1 amide bonds. The van der Waals surface area contributed by atoms with Gasteiger partial charge in [-0.2, -0.15) is 0 Å². The third kappa shape index (κ3) is 3.95. The van der Waals surface area contributed by atoms with E-state index in [2.05, 4.69) is 24.5 Å². The van der Waals surface area contributed by atoms with Crippen molar-refractivity contribution < 1.29 is 9.53 Å². The van der Waals surface area contributed by atoms with E-state index in [1.54, 1.807) is 7.11 Å². The van der Waals surface area contributed by atoms with Crippen molar-refractivity contribution in [2.75, 3.05) is 26.8 Å². The third-order valence-corrected chi connectivity index (χ3v) is 3.97. The minimum atomic E-state index is -0.210. The lowest BCUT2D eigenvalue weighted by Gasteiger charge is -2.36. The Hall–Kier alpha value is -0.610. The van der Waals surface area contributed by atoms with Gasteiger partial charge >= 0.3 is 0 Å². The van der Waals surface area contributed by atoms with Gasteiger partial charge in [-0.1, -0.05) is 20.3 Å². The van der Waals surface area contributed by atoms with Crippen LogP contribution in [0.2, 0.25) is 0 Å². The molecule has 2 unspecified atom stereocenters. The molecule has 0 aromatic rings. The first-order valence-corrected chi connectivity index (χ1v) is 7.19. The van der Waals surface area contributed by atoms with Crippen LogP contribution < -0.4 is 10.6 Å².